The second-order valence-electron chi connectivity index (χ2n) is 12.0. The van der Waals surface area contributed by atoms with Gasteiger partial charge in [0.1, 0.15) is 11.2 Å². The van der Waals surface area contributed by atoms with Crippen molar-refractivity contribution in [3.63, 3.8) is 0 Å². The summed E-state index contributed by atoms with van der Waals surface area (Å²) in [5.41, 5.74) is 7.42. The lowest BCUT2D eigenvalue weighted by molar-refractivity contribution is 0.669. The Hall–Kier alpha value is -5.97. The number of thiophene rings is 1. The number of para-hydroxylation sites is 1. The van der Waals surface area contributed by atoms with Gasteiger partial charge in [-0.15, -0.1) is 11.3 Å². The monoisotopic (exact) mass is 618 g/mol. The van der Waals surface area contributed by atoms with Gasteiger partial charge in [-0.25, -0.2) is 0 Å². The summed E-state index contributed by atoms with van der Waals surface area (Å²) in [5, 5.41) is 9.78. The standard InChI is InChI=1S/C43H26N2OS/c1-2-8-32-28(7-1)23-38(34-10-4-3-9-33(32)34)27-13-15-29(16-14-27)45(30-18-20-42-39(24-30)37-21-22-44-26-43(37)47-42)31-17-19-36-35-11-5-6-12-40(35)46-41(36)25-31/h1-26H. The van der Waals surface area contributed by atoms with Crippen molar-refractivity contribution in [2.24, 2.45) is 0 Å². The first-order valence-corrected chi connectivity index (χ1v) is 16.6. The fourth-order valence-corrected chi connectivity index (χ4v) is 8.20. The van der Waals surface area contributed by atoms with Gasteiger partial charge < -0.3 is 9.32 Å². The Morgan fingerprint density at radius 3 is 2.06 bits per heavy atom. The summed E-state index contributed by atoms with van der Waals surface area (Å²) in [6.45, 7) is 0. The van der Waals surface area contributed by atoms with E-state index in [2.05, 4.69) is 143 Å². The van der Waals surface area contributed by atoms with Gasteiger partial charge >= 0.3 is 0 Å². The predicted molar refractivity (Wildman–Crippen MR) is 200 cm³/mol. The van der Waals surface area contributed by atoms with Gasteiger partial charge in [0, 0.05) is 61.8 Å². The van der Waals surface area contributed by atoms with Crippen LogP contribution >= 0.6 is 11.3 Å². The van der Waals surface area contributed by atoms with Crippen molar-refractivity contribution in [1.29, 1.82) is 0 Å². The number of rotatable bonds is 4. The molecule has 10 rings (SSSR count). The largest absolute Gasteiger partial charge is 0.456 e. The quantitative estimate of drug-likeness (QED) is 0.184. The summed E-state index contributed by atoms with van der Waals surface area (Å²) in [7, 11) is 0. The van der Waals surface area contributed by atoms with Gasteiger partial charge in [0.05, 0.1) is 4.70 Å². The molecule has 0 amide bonds. The third-order valence-electron chi connectivity index (χ3n) is 9.34. The molecule has 7 aromatic carbocycles. The van der Waals surface area contributed by atoms with Crippen LogP contribution in [0.25, 0.3) is 74.8 Å². The van der Waals surface area contributed by atoms with Crippen molar-refractivity contribution >= 4 is 92.1 Å². The summed E-state index contributed by atoms with van der Waals surface area (Å²) >= 11 is 1.78. The second kappa shape index (κ2) is 10.3. The lowest BCUT2D eigenvalue weighted by Crippen LogP contribution is -2.09. The molecule has 0 bridgehead atoms. The minimum absolute atomic E-state index is 0.876. The van der Waals surface area contributed by atoms with Crippen LogP contribution in [0.5, 0.6) is 0 Å². The number of fused-ring (bicyclic) bond motifs is 9. The first kappa shape index (κ1) is 26.3. The molecule has 47 heavy (non-hydrogen) atoms. The maximum Gasteiger partial charge on any atom is 0.137 e. The Labute approximate surface area is 274 Å². The lowest BCUT2D eigenvalue weighted by atomic mass is 9.93. The number of pyridine rings is 1. The van der Waals surface area contributed by atoms with Crippen molar-refractivity contribution in [2.75, 3.05) is 4.90 Å². The van der Waals surface area contributed by atoms with Crippen LogP contribution in [-0.2, 0) is 0 Å². The zero-order valence-corrected chi connectivity index (χ0v) is 26.0. The van der Waals surface area contributed by atoms with E-state index >= 15 is 0 Å². The number of hydrogen-bond donors (Lipinski definition) is 0. The molecule has 220 valence electrons. The van der Waals surface area contributed by atoms with E-state index in [-0.39, 0.29) is 0 Å². The van der Waals surface area contributed by atoms with Crippen molar-refractivity contribution in [2.45, 2.75) is 0 Å². The van der Waals surface area contributed by atoms with E-state index in [9.17, 15) is 0 Å². The molecule has 3 nitrogen and oxygen atoms in total. The Bertz CT molecular complexity index is 2810. The molecule has 0 saturated carbocycles. The topological polar surface area (TPSA) is 29.3 Å². The van der Waals surface area contributed by atoms with Gasteiger partial charge in [-0.1, -0.05) is 78.9 Å². The van der Waals surface area contributed by atoms with Gasteiger partial charge in [-0.2, -0.15) is 0 Å². The van der Waals surface area contributed by atoms with E-state index in [1.165, 1.54) is 52.8 Å². The molecule has 0 aliphatic carbocycles. The molecule has 3 aromatic heterocycles. The Morgan fingerprint density at radius 1 is 0.468 bits per heavy atom. The third kappa shape index (κ3) is 4.16. The molecule has 0 unspecified atom stereocenters. The molecule has 0 aliphatic heterocycles. The van der Waals surface area contributed by atoms with E-state index in [1.807, 2.05) is 24.5 Å². The summed E-state index contributed by atoms with van der Waals surface area (Å²) in [6.07, 6.45) is 3.84. The lowest BCUT2D eigenvalue weighted by Gasteiger charge is -2.26. The van der Waals surface area contributed by atoms with E-state index in [4.69, 9.17) is 4.42 Å². The molecule has 0 saturated heterocycles. The molecular formula is C43H26N2OS. The molecule has 0 fully saturated rings. The van der Waals surface area contributed by atoms with Crippen molar-refractivity contribution in [1.82, 2.24) is 4.98 Å². The van der Waals surface area contributed by atoms with Gasteiger partial charge in [0.15, 0.2) is 0 Å². The summed E-state index contributed by atoms with van der Waals surface area (Å²) in [6, 6.07) is 52.4. The van der Waals surface area contributed by atoms with Crippen molar-refractivity contribution < 1.29 is 4.42 Å². The summed E-state index contributed by atoms with van der Waals surface area (Å²) < 4.78 is 8.80. The Kier molecular flexibility index (Phi) is 5.74. The number of furan rings is 1. The Balaban J connectivity index is 1.16. The minimum Gasteiger partial charge on any atom is -0.456 e. The molecule has 0 radical (unpaired) electrons. The third-order valence-corrected chi connectivity index (χ3v) is 10.5. The van der Waals surface area contributed by atoms with E-state index in [0.717, 1.165) is 39.0 Å². The SMILES string of the molecule is c1ccc2c(c1)cc(-c1ccc(N(c3ccc4c(c3)oc3ccccc34)c3ccc4sc5cnccc5c4c3)cc1)c1ccccc12. The first-order chi connectivity index (χ1) is 23.3. The molecular weight excluding hydrogens is 593 g/mol. The minimum atomic E-state index is 0.876. The van der Waals surface area contributed by atoms with Crippen LogP contribution in [0.2, 0.25) is 0 Å². The van der Waals surface area contributed by atoms with Gasteiger partial charge in [-0.05, 0) is 93.3 Å². The van der Waals surface area contributed by atoms with Crippen LogP contribution in [0, 0.1) is 0 Å². The smallest absolute Gasteiger partial charge is 0.137 e. The summed E-state index contributed by atoms with van der Waals surface area (Å²) in [5.74, 6) is 0. The molecule has 0 atom stereocenters. The predicted octanol–water partition coefficient (Wildman–Crippen LogP) is 12.8. The average Bonchev–Trinajstić information content (AvgIpc) is 3.69. The fourth-order valence-electron chi connectivity index (χ4n) is 7.14. The van der Waals surface area contributed by atoms with Gasteiger partial charge in [-0.3, -0.25) is 4.98 Å². The van der Waals surface area contributed by atoms with Crippen molar-refractivity contribution in [3.05, 3.63) is 158 Å². The number of aromatic nitrogens is 1. The molecule has 10 aromatic rings. The highest BCUT2D eigenvalue weighted by Crippen LogP contribution is 2.43. The Morgan fingerprint density at radius 2 is 1.17 bits per heavy atom. The molecule has 0 aliphatic rings. The van der Waals surface area contributed by atoms with Gasteiger partial charge in [0.25, 0.3) is 0 Å². The molecule has 4 heteroatoms. The maximum absolute atomic E-state index is 6.35. The van der Waals surface area contributed by atoms with E-state index in [0.29, 0.717) is 0 Å². The number of anilines is 3. The molecule has 0 N–H and O–H groups in total. The number of nitrogens with zero attached hydrogens (tertiary/aromatic N) is 2. The van der Waals surface area contributed by atoms with E-state index < -0.39 is 0 Å². The van der Waals surface area contributed by atoms with Crippen LogP contribution < -0.4 is 4.90 Å². The zero-order chi connectivity index (χ0) is 30.9. The number of hydrogen-bond acceptors (Lipinski definition) is 4. The van der Waals surface area contributed by atoms with Crippen LogP contribution in [0.15, 0.2) is 162 Å². The first-order valence-electron chi connectivity index (χ1n) is 15.8. The van der Waals surface area contributed by atoms with Crippen molar-refractivity contribution in [3.8, 4) is 11.1 Å². The fraction of sp³-hybridized carbons (Fsp3) is 0. The molecule has 3 heterocycles. The zero-order valence-electron chi connectivity index (χ0n) is 25.2. The average molecular weight is 619 g/mol. The van der Waals surface area contributed by atoms with Crippen LogP contribution in [0.4, 0.5) is 17.1 Å². The number of benzene rings is 7. The second-order valence-corrected chi connectivity index (χ2v) is 13.1. The normalized spacial score (nSPS) is 11.8. The van der Waals surface area contributed by atoms with Crippen LogP contribution in [0.3, 0.4) is 0 Å². The molecule has 0 spiro atoms. The summed E-state index contributed by atoms with van der Waals surface area (Å²) in [4.78, 5) is 6.70. The van der Waals surface area contributed by atoms with Gasteiger partial charge in [0.2, 0.25) is 0 Å². The van der Waals surface area contributed by atoms with Crippen LogP contribution in [0.1, 0.15) is 0 Å². The highest BCUT2D eigenvalue weighted by molar-refractivity contribution is 7.25. The highest BCUT2D eigenvalue weighted by atomic mass is 32.1. The van der Waals surface area contributed by atoms with E-state index in [1.54, 1.807) is 11.3 Å². The van der Waals surface area contributed by atoms with Crippen LogP contribution in [-0.4, -0.2) is 4.98 Å². The maximum atomic E-state index is 6.35. The highest BCUT2D eigenvalue weighted by Gasteiger charge is 2.18.